The van der Waals surface area contributed by atoms with Crippen molar-refractivity contribution in [2.45, 2.75) is 4.90 Å². The molecule has 0 aliphatic heterocycles. The maximum atomic E-state index is 12.4. The first-order chi connectivity index (χ1) is 9.46. The van der Waals surface area contributed by atoms with Gasteiger partial charge in [0.05, 0.1) is 12.8 Å². The smallest absolute Gasteiger partial charge is 0.269 e. The Bertz CT molecular complexity index is 768. The Hall–Kier alpha value is -2.28. The summed E-state index contributed by atoms with van der Waals surface area (Å²) < 4.78 is 30.9. The highest BCUT2D eigenvalue weighted by molar-refractivity contribution is 7.92. The number of nitrogens with one attached hydrogen (secondary N) is 1. The SMILES string of the molecule is COc1cccc(N(C)S(=O)(=O)c2c[nH]ccc2=O)c1. The summed E-state index contributed by atoms with van der Waals surface area (Å²) in [4.78, 5) is 14.0. The molecule has 2 aromatic rings. The molecule has 0 fully saturated rings. The van der Waals surface area contributed by atoms with Gasteiger partial charge in [0.2, 0.25) is 5.43 Å². The Morgan fingerprint density at radius 3 is 2.65 bits per heavy atom. The van der Waals surface area contributed by atoms with Gasteiger partial charge in [-0.1, -0.05) is 6.07 Å². The molecule has 1 aromatic heterocycles. The van der Waals surface area contributed by atoms with E-state index in [0.717, 1.165) is 4.31 Å². The van der Waals surface area contributed by atoms with Gasteiger partial charge < -0.3 is 9.72 Å². The zero-order chi connectivity index (χ0) is 14.8. The van der Waals surface area contributed by atoms with E-state index in [4.69, 9.17) is 4.74 Å². The Labute approximate surface area is 116 Å². The van der Waals surface area contributed by atoms with Gasteiger partial charge in [-0.3, -0.25) is 9.10 Å². The van der Waals surface area contributed by atoms with Crippen LogP contribution in [0, 0.1) is 0 Å². The summed E-state index contributed by atoms with van der Waals surface area (Å²) in [6, 6.07) is 7.76. The third-order valence-electron chi connectivity index (χ3n) is 2.84. The molecule has 0 aliphatic rings. The van der Waals surface area contributed by atoms with Gasteiger partial charge in [0.25, 0.3) is 10.0 Å². The van der Waals surface area contributed by atoms with Gasteiger partial charge in [0.15, 0.2) is 4.90 Å². The molecule has 1 heterocycles. The van der Waals surface area contributed by atoms with Crippen LogP contribution in [0.2, 0.25) is 0 Å². The van der Waals surface area contributed by atoms with Crippen molar-refractivity contribution < 1.29 is 13.2 Å². The average molecular weight is 294 g/mol. The molecule has 0 bridgehead atoms. The van der Waals surface area contributed by atoms with E-state index in [1.165, 1.54) is 32.6 Å². The number of aromatic nitrogens is 1. The van der Waals surface area contributed by atoms with Crippen molar-refractivity contribution in [3.8, 4) is 5.75 Å². The van der Waals surface area contributed by atoms with Crippen LogP contribution in [0.4, 0.5) is 5.69 Å². The van der Waals surface area contributed by atoms with Crippen molar-refractivity contribution in [2.75, 3.05) is 18.5 Å². The molecule has 20 heavy (non-hydrogen) atoms. The van der Waals surface area contributed by atoms with Gasteiger partial charge in [-0.05, 0) is 12.1 Å². The molecule has 7 heteroatoms. The third-order valence-corrected chi connectivity index (χ3v) is 4.65. The number of aromatic amines is 1. The van der Waals surface area contributed by atoms with Gasteiger partial charge in [0.1, 0.15) is 5.75 Å². The maximum Gasteiger partial charge on any atom is 0.269 e. The second kappa shape index (κ2) is 5.38. The van der Waals surface area contributed by atoms with Crippen molar-refractivity contribution in [2.24, 2.45) is 0 Å². The predicted molar refractivity (Wildman–Crippen MR) is 75.6 cm³/mol. The van der Waals surface area contributed by atoms with Crippen LogP contribution in [0.1, 0.15) is 0 Å². The summed E-state index contributed by atoms with van der Waals surface area (Å²) in [5, 5.41) is 0. The largest absolute Gasteiger partial charge is 0.497 e. The van der Waals surface area contributed by atoms with E-state index >= 15 is 0 Å². The zero-order valence-electron chi connectivity index (χ0n) is 11.0. The van der Waals surface area contributed by atoms with Crippen LogP contribution in [0.3, 0.4) is 0 Å². The summed E-state index contributed by atoms with van der Waals surface area (Å²) in [5.74, 6) is 0.534. The van der Waals surface area contributed by atoms with Gasteiger partial charge in [0, 0.05) is 31.6 Å². The van der Waals surface area contributed by atoms with E-state index in [1.807, 2.05) is 0 Å². The fourth-order valence-corrected chi connectivity index (χ4v) is 2.92. The predicted octanol–water partition coefficient (Wildman–Crippen LogP) is 1.21. The fourth-order valence-electron chi connectivity index (χ4n) is 1.70. The molecule has 0 atom stereocenters. The highest BCUT2D eigenvalue weighted by Gasteiger charge is 2.24. The Morgan fingerprint density at radius 2 is 2.00 bits per heavy atom. The van der Waals surface area contributed by atoms with Crippen LogP contribution in [0.5, 0.6) is 5.75 Å². The number of ether oxygens (including phenoxy) is 1. The van der Waals surface area contributed by atoms with Crippen molar-refractivity contribution in [1.82, 2.24) is 4.98 Å². The lowest BCUT2D eigenvalue weighted by Gasteiger charge is -2.19. The van der Waals surface area contributed by atoms with Crippen molar-refractivity contribution in [3.05, 3.63) is 52.9 Å². The van der Waals surface area contributed by atoms with Gasteiger partial charge in [-0.2, -0.15) is 0 Å². The van der Waals surface area contributed by atoms with Crippen LogP contribution in [0.25, 0.3) is 0 Å². The number of benzene rings is 1. The molecule has 2 rings (SSSR count). The monoisotopic (exact) mass is 294 g/mol. The molecule has 0 saturated carbocycles. The minimum atomic E-state index is -3.91. The van der Waals surface area contributed by atoms with Gasteiger partial charge in [-0.25, -0.2) is 8.42 Å². The normalized spacial score (nSPS) is 11.1. The maximum absolute atomic E-state index is 12.4. The van der Waals surface area contributed by atoms with E-state index in [-0.39, 0.29) is 4.90 Å². The number of hydrogen-bond acceptors (Lipinski definition) is 4. The standard InChI is InChI=1S/C13H14N2O4S/c1-15(10-4-3-5-11(8-10)19-2)20(17,18)13-9-14-7-6-12(13)16/h3-9H,1-2H3,(H,14,16). The molecule has 0 aliphatic carbocycles. The first kappa shape index (κ1) is 14.1. The summed E-state index contributed by atoms with van der Waals surface area (Å²) in [7, 11) is -1.03. The molecule has 0 radical (unpaired) electrons. The zero-order valence-corrected chi connectivity index (χ0v) is 11.8. The molecule has 1 N–H and O–H groups in total. The van der Waals surface area contributed by atoms with Crippen LogP contribution >= 0.6 is 0 Å². The van der Waals surface area contributed by atoms with E-state index in [1.54, 1.807) is 24.3 Å². The summed E-state index contributed by atoms with van der Waals surface area (Å²) in [6.45, 7) is 0. The van der Waals surface area contributed by atoms with E-state index < -0.39 is 15.5 Å². The topological polar surface area (TPSA) is 79.5 Å². The molecular formula is C13H14N2O4S. The van der Waals surface area contributed by atoms with Crippen LogP contribution in [-0.4, -0.2) is 27.6 Å². The fraction of sp³-hybridized carbons (Fsp3) is 0.154. The Balaban J connectivity index is 2.49. The first-order valence-electron chi connectivity index (χ1n) is 5.77. The van der Waals surface area contributed by atoms with E-state index in [9.17, 15) is 13.2 Å². The molecule has 6 nitrogen and oxygen atoms in total. The molecule has 1 aromatic carbocycles. The lowest BCUT2D eigenvalue weighted by molar-refractivity contribution is 0.415. The quantitative estimate of drug-likeness (QED) is 0.919. The highest BCUT2D eigenvalue weighted by atomic mass is 32.2. The Kier molecular flexibility index (Phi) is 3.80. The number of pyridine rings is 1. The summed E-state index contributed by atoms with van der Waals surface area (Å²) in [6.07, 6.45) is 2.56. The molecule has 0 amide bonds. The van der Waals surface area contributed by atoms with Crippen LogP contribution < -0.4 is 14.5 Å². The van der Waals surface area contributed by atoms with E-state index in [0.29, 0.717) is 11.4 Å². The van der Waals surface area contributed by atoms with Gasteiger partial charge >= 0.3 is 0 Å². The Morgan fingerprint density at radius 1 is 1.25 bits per heavy atom. The lowest BCUT2D eigenvalue weighted by atomic mass is 10.3. The highest BCUT2D eigenvalue weighted by Crippen LogP contribution is 2.23. The van der Waals surface area contributed by atoms with Crippen molar-refractivity contribution in [1.29, 1.82) is 0 Å². The molecule has 0 spiro atoms. The summed E-state index contributed by atoms with van der Waals surface area (Å²) >= 11 is 0. The van der Waals surface area contributed by atoms with Crippen LogP contribution in [-0.2, 0) is 10.0 Å². The number of anilines is 1. The minimum Gasteiger partial charge on any atom is -0.497 e. The first-order valence-corrected chi connectivity index (χ1v) is 7.21. The lowest BCUT2D eigenvalue weighted by Crippen LogP contribution is -2.30. The second-order valence-corrected chi connectivity index (χ2v) is 5.98. The number of sulfonamides is 1. The molecule has 0 unspecified atom stereocenters. The molecule has 106 valence electrons. The molecule has 0 saturated heterocycles. The van der Waals surface area contributed by atoms with E-state index in [2.05, 4.69) is 4.98 Å². The third kappa shape index (κ3) is 2.53. The average Bonchev–Trinajstić information content (AvgIpc) is 2.46. The number of methoxy groups -OCH3 is 1. The second-order valence-electron chi connectivity index (χ2n) is 4.05. The molecular weight excluding hydrogens is 280 g/mol. The number of nitrogens with zero attached hydrogens (tertiary/aromatic N) is 1. The summed E-state index contributed by atoms with van der Waals surface area (Å²) in [5.41, 5.74) is -0.147. The van der Waals surface area contributed by atoms with Crippen LogP contribution in [0.15, 0.2) is 52.4 Å². The van der Waals surface area contributed by atoms with Gasteiger partial charge in [-0.15, -0.1) is 0 Å². The number of hydrogen-bond donors (Lipinski definition) is 1. The number of rotatable bonds is 4. The number of H-pyrrole nitrogens is 1. The minimum absolute atomic E-state index is 0.301. The van der Waals surface area contributed by atoms with Crippen molar-refractivity contribution in [3.63, 3.8) is 0 Å². The van der Waals surface area contributed by atoms with Crippen molar-refractivity contribution >= 4 is 15.7 Å².